The van der Waals surface area contributed by atoms with E-state index in [4.69, 9.17) is 0 Å². The van der Waals surface area contributed by atoms with Crippen molar-refractivity contribution in [2.45, 2.75) is 20.3 Å². The maximum Gasteiger partial charge on any atom is 0.164 e. The topological polar surface area (TPSA) is 29.1 Å². The molecule has 1 aromatic carbocycles. The zero-order chi connectivity index (χ0) is 10.6. The molecule has 1 aromatic rings. The van der Waals surface area contributed by atoms with Crippen molar-refractivity contribution >= 4 is 11.5 Å². The zero-order valence-electron chi connectivity index (χ0n) is 8.43. The highest BCUT2D eigenvalue weighted by Gasteiger charge is 2.12. The average molecular weight is 195 g/mol. The molecular formula is C11H14FNO. The number of ketones is 1. The number of anilines is 1. The molecule has 0 aliphatic heterocycles. The van der Waals surface area contributed by atoms with Gasteiger partial charge in [0.2, 0.25) is 0 Å². The molecule has 0 radical (unpaired) electrons. The van der Waals surface area contributed by atoms with Crippen LogP contribution in [0.25, 0.3) is 0 Å². The smallest absolute Gasteiger partial charge is 0.164 e. The molecule has 0 atom stereocenters. The Hall–Kier alpha value is -1.38. The van der Waals surface area contributed by atoms with Crippen LogP contribution in [-0.2, 0) is 0 Å². The number of rotatable bonds is 4. The second-order valence-electron chi connectivity index (χ2n) is 2.97. The van der Waals surface area contributed by atoms with Gasteiger partial charge in [0.05, 0.1) is 5.69 Å². The van der Waals surface area contributed by atoms with E-state index in [0.29, 0.717) is 24.2 Å². The average Bonchev–Trinajstić information content (AvgIpc) is 2.20. The van der Waals surface area contributed by atoms with Gasteiger partial charge in [0, 0.05) is 18.5 Å². The minimum absolute atomic E-state index is 0.0412. The van der Waals surface area contributed by atoms with E-state index < -0.39 is 0 Å². The van der Waals surface area contributed by atoms with Gasteiger partial charge in [-0.25, -0.2) is 4.39 Å². The molecule has 1 N–H and O–H groups in total. The molecule has 0 aromatic heterocycles. The van der Waals surface area contributed by atoms with Gasteiger partial charge >= 0.3 is 0 Å². The number of halogens is 1. The molecule has 0 saturated carbocycles. The van der Waals surface area contributed by atoms with Crippen LogP contribution >= 0.6 is 0 Å². The van der Waals surface area contributed by atoms with Gasteiger partial charge in [0.1, 0.15) is 5.82 Å². The number of hydrogen-bond donors (Lipinski definition) is 1. The Morgan fingerprint density at radius 1 is 1.43 bits per heavy atom. The third-order valence-corrected chi connectivity index (χ3v) is 1.99. The monoisotopic (exact) mass is 195 g/mol. The second kappa shape index (κ2) is 4.74. The highest BCUT2D eigenvalue weighted by molar-refractivity contribution is 6.01. The van der Waals surface area contributed by atoms with Gasteiger partial charge in [-0.05, 0) is 19.1 Å². The van der Waals surface area contributed by atoms with Crippen molar-refractivity contribution < 1.29 is 9.18 Å². The highest BCUT2D eigenvalue weighted by Crippen LogP contribution is 2.20. The Kier molecular flexibility index (Phi) is 3.63. The molecule has 3 heteroatoms. The molecule has 0 aliphatic carbocycles. The number of hydrogen-bond acceptors (Lipinski definition) is 2. The summed E-state index contributed by atoms with van der Waals surface area (Å²) in [5.41, 5.74) is 0.760. The zero-order valence-corrected chi connectivity index (χ0v) is 8.43. The molecule has 0 amide bonds. The first-order valence-electron chi connectivity index (χ1n) is 4.76. The molecule has 0 saturated heterocycles. The standard InChI is InChI=1S/C11H14FNO/c1-3-10(14)8-6-5-7-9(12)11(8)13-4-2/h5-7,13H,3-4H2,1-2H3. The largest absolute Gasteiger partial charge is 0.382 e. The van der Waals surface area contributed by atoms with Crippen molar-refractivity contribution in [2.75, 3.05) is 11.9 Å². The quantitative estimate of drug-likeness (QED) is 0.748. The van der Waals surface area contributed by atoms with Crippen LogP contribution in [0.5, 0.6) is 0 Å². The van der Waals surface area contributed by atoms with Crippen LogP contribution in [0.2, 0.25) is 0 Å². The van der Waals surface area contributed by atoms with Gasteiger partial charge in [0.15, 0.2) is 5.78 Å². The Bertz CT molecular complexity index is 336. The van der Waals surface area contributed by atoms with E-state index in [1.165, 1.54) is 6.07 Å². The predicted octanol–water partition coefficient (Wildman–Crippen LogP) is 2.85. The maximum atomic E-state index is 13.3. The fraction of sp³-hybridized carbons (Fsp3) is 0.364. The van der Waals surface area contributed by atoms with Crippen molar-refractivity contribution in [2.24, 2.45) is 0 Å². The molecule has 2 nitrogen and oxygen atoms in total. The molecule has 0 heterocycles. The Balaban J connectivity index is 3.13. The van der Waals surface area contributed by atoms with E-state index >= 15 is 0 Å². The van der Waals surface area contributed by atoms with Crippen LogP contribution in [-0.4, -0.2) is 12.3 Å². The van der Waals surface area contributed by atoms with Crippen molar-refractivity contribution in [1.82, 2.24) is 0 Å². The first-order chi connectivity index (χ1) is 6.70. The lowest BCUT2D eigenvalue weighted by atomic mass is 10.1. The summed E-state index contributed by atoms with van der Waals surface area (Å²) in [6.07, 6.45) is 0.391. The van der Waals surface area contributed by atoms with Crippen molar-refractivity contribution in [3.63, 3.8) is 0 Å². The minimum atomic E-state index is -0.369. The lowest BCUT2D eigenvalue weighted by Gasteiger charge is -2.09. The summed E-state index contributed by atoms with van der Waals surface area (Å²) in [6, 6.07) is 4.55. The SMILES string of the molecule is CCNc1c(F)cccc1C(=O)CC. The van der Waals surface area contributed by atoms with Crippen LogP contribution in [0, 0.1) is 5.82 Å². The number of carbonyl (C=O) groups excluding carboxylic acids is 1. The van der Waals surface area contributed by atoms with Crippen molar-refractivity contribution in [3.05, 3.63) is 29.6 Å². The Morgan fingerprint density at radius 2 is 2.14 bits per heavy atom. The summed E-state index contributed by atoms with van der Waals surface area (Å²) in [5, 5.41) is 2.86. The summed E-state index contributed by atoms with van der Waals surface area (Å²) >= 11 is 0. The van der Waals surface area contributed by atoms with Gasteiger partial charge in [-0.15, -0.1) is 0 Å². The highest BCUT2D eigenvalue weighted by atomic mass is 19.1. The van der Waals surface area contributed by atoms with E-state index in [1.807, 2.05) is 6.92 Å². The first-order valence-corrected chi connectivity index (χ1v) is 4.76. The van der Waals surface area contributed by atoms with E-state index in [-0.39, 0.29) is 11.6 Å². The number of benzene rings is 1. The third kappa shape index (κ3) is 2.10. The number of Topliss-reactive ketones (excluding diaryl/α,β-unsaturated/α-hetero) is 1. The van der Waals surface area contributed by atoms with E-state index in [2.05, 4.69) is 5.32 Å². The molecule has 0 fully saturated rings. The Labute approximate surface area is 83.1 Å². The molecule has 0 unspecified atom stereocenters. The second-order valence-corrected chi connectivity index (χ2v) is 2.97. The number of nitrogens with one attached hydrogen (secondary N) is 1. The molecular weight excluding hydrogens is 181 g/mol. The fourth-order valence-electron chi connectivity index (χ4n) is 1.30. The summed E-state index contributed by atoms with van der Waals surface area (Å²) in [6.45, 7) is 4.24. The fourth-order valence-corrected chi connectivity index (χ4v) is 1.30. The van der Waals surface area contributed by atoms with Crippen LogP contribution in [0.1, 0.15) is 30.6 Å². The molecule has 0 spiro atoms. The van der Waals surface area contributed by atoms with Crippen LogP contribution in [0.15, 0.2) is 18.2 Å². The van der Waals surface area contributed by atoms with E-state index in [0.717, 1.165) is 0 Å². The number of para-hydroxylation sites is 1. The lowest BCUT2D eigenvalue weighted by Crippen LogP contribution is -2.07. The van der Waals surface area contributed by atoms with Crippen LogP contribution in [0.3, 0.4) is 0 Å². The normalized spacial score (nSPS) is 9.93. The minimum Gasteiger partial charge on any atom is -0.382 e. The van der Waals surface area contributed by atoms with Gasteiger partial charge < -0.3 is 5.32 Å². The van der Waals surface area contributed by atoms with Crippen molar-refractivity contribution in [3.8, 4) is 0 Å². The maximum absolute atomic E-state index is 13.3. The first kappa shape index (κ1) is 10.7. The van der Waals surface area contributed by atoms with Gasteiger partial charge in [0.25, 0.3) is 0 Å². The summed E-state index contributed by atoms with van der Waals surface area (Å²) in [7, 11) is 0. The molecule has 1 rings (SSSR count). The summed E-state index contributed by atoms with van der Waals surface area (Å²) in [5.74, 6) is -0.411. The molecule has 0 aliphatic rings. The molecule has 14 heavy (non-hydrogen) atoms. The van der Waals surface area contributed by atoms with Gasteiger partial charge in [-0.1, -0.05) is 13.0 Å². The van der Waals surface area contributed by atoms with E-state index in [1.54, 1.807) is 19.1 Å². The predicted molar refractivity (Wildman–Crippen MR) is 55.2 cm³/mol. The van der Waals surface area contributed by atoms with E-state index in [9.17, 15) is 9.18 Å². The van der Waals surface area contributed by atoms with Crippen LogP contribution < -0.4 is 5.32 Å². The number of carbonyl (C=O) groups is 1. The van der Waals surface area contributed by atoms with Gasteiger partial charge in [-0.2, -0.15) is 0 Å². The molecule has 0 bridgehead atoms. The van der Waals surface area contributed by atoms with Crippen LogP contribution in [0.4, 0.5) is 10.1 Å². The van der Waals surface area contributed by atoms with Crippen molar-refractivity contribution in [1.29, 1.82) is 0 Å². The molecule has 76 valence electrons. The summed E-state index contributed by atoms with van der Waals surface area (Å²) in [4.78, 5) is 11.5. The third-order valence-electron chi connectivity index (χ3n) is 1.99. The lowest BCUT2D eigenvalue weighted by molar-refractivity contribution is 0.0988. The van der Waals surface area contributed by atoms with Gasteiger partial charge in [-0.3, -0.25) is 4.79 Å². The Morgan fingerprint density at radius 3 is 2.71 bits per heavy atom. The summed E-state index contributed by atoms with van der Waals surface area (Å²) < 4.78 is 13.3.